The van der Waals surface area contributed by atoms with E-state index in [1.165, 1.54) is 18.3 Å². The lowest BCUT2D eigenvalue weighted by atomic mass is 10.1. The number of ketones is 1. The molecular formula is C11H10O2S. The standard InChI is InChI=1S/C11H10O2S/c1-6-4-3-5-8-9(13)11(7(2)12)14-10(6)8/h3-5,13H,1-2H3. The van der Waals surface area contributed by atoms with E-state index in [4.69, 9.17) is 0 Å². The Labute approximate surface area is 85.8 Å². The summed E-state index contributed by atoms with van der Waals surface area (Å²) in [6, 6.07) is 5.69. The van der Waals surface area contributed by atoms with Crippen molar-refractivity contribution < 1.29 is 9.90 Å². The molecule has 14 heavy (non-hydrogen) atoms. The summed E-state index contributed by atoms with van der Waals surface area (Å²) in [7, 11) is 0. The van der Waals surface area contributed by atoms with Gasteiger partial charge >= 0.3 is 0 Å². The van der Waals surface area contributed by atoms with Crippen LogP contribution >= 0.6 is 11.3 Å². The molecule has 1 aromatic heterocycles. The molecule has 3 heteroatoms. The van der Waals surface area contributed by atoms with Crippen LogP contribution in [0, 0.1) is 6.92 Å². The number of benzene rings is 1. The number of aryl methyl sites for hydroxylation is 1. The van der Waals surface area contributed by atoms with E-state index in [9.17, 15) is 9.90 Å². The fourth-order valence-corrected chi connectivity index (χ4v) is 2.54. The molecule has 1 heterocycles. The third-order valence-electron chi connectivity index (χ3n) is 2.21. The Morgan fingerprint density at radius 3 is 2.71 bits per heavy atom. The molecule has 0 radical (unpaired) electrons. The van der Waals surface area contributed by atoms with Gasteiger partial charge in [0.25, 0.3) is 0 Å². The number of thiophene rings is 1. The predicted octanol–water partition coefficient (Wildman–Crippen LogP) is 3.12. The normalized spacial score (nSPS) is 10.7. The summed E-state index contributed by atoms with van der Waals surface area (Å²) in [5, 5.41) is 10.6. The van der Waals surface area contributed by atoms with Crippen molar-refractivity contribution in [3.8, 4) is 5.75 Å². The quantitative estimate of drug-likeness (QED) is 0.728. The van der Waals surface area contributed by atoms with Crippen molar-refractivity contribution in [3.63, 3.8) is 0 Å². The van der Waals surface area contributed by atoms with Crippen LogP contribution < -0.4 is 0 Å². The van der Waals surface area contributed by atoms with Gasteiger partial charge in [-0.15, -0.1) is 11.3 Å². The molecule has 0 saturated heterocycles. The second-order valence-corrected chi connectivity index (χ2v) is 4.31. The molecule has 0 fully saturated rings. The van der Waals surface area contributed by atoms with E-state index in [1.807, 2.05) is 25.1 Å². The summed E-state index contributed by atoms with van der Waals surface area (Å²) in [6.45, 7) is 3.45. The van der Waals surface area contributed by atoms with E-state index in [1.54, 1.807) is 0 Å². The minimum absolute atomic E-state index is 0.0805. The molecule has 0 saturated carbocycles. The first-order valence-corrected chi connectivity index (χ1v) is 5.15. The van der Waals surface area contributed by atoms with E-state index in [2.05, 4.69) is 0 Å². The number of carbonyl (C=O) groups is 1. The predicted molar refractivity (Wildman–Crippen MR) is 58.2 cm³/mol. The number of rotatable bonds is 1. The minimum Gasteiger partial charge on any atom is -0.506 e. The Hall–Kier alpha value is -1.35. The molecule has 0 unspecified atom stereocenters. The Morgan fingerprint density at radius 1 is 1.43 bits per heavy atom. The van der Waals surface area contributed by atoms with Gasteiger partial charge in [0.15, 0.2) is 5.78 Å². The monoisotopic (exact) mass is 206 g/mol. The largest absolute Gasteiger partial charge is 0.506 e. The Morgan fingerprint density at radius 2 is 2.14 bits per heavy atom. The van der Waals surface area contributed by atoms with Gasteiger partial charge in [0.1, 0.15) is 10.6 Å². The zero-order valence-electron chi connectivity index (χ0n) is 8.00. The topological polar surface area (TPSA) is 37.3 Å². The van der Waals surface area contributed by atoms with Crippen molar-refractivity contribution >= 4 is 27.2 Å². The molecular weight excluding hydrogens is 196 g/mol. The van der Waals surface area contributed by atoms with Crippen LogP contribution in [0.15, 0.2) is 18.2 Å². The molecule has 1 N–H and O–H groups in total. The van der Waals surface area contributed by atoms with Crippen molar-refractivity contribution in [3.05, 3.63) is 28.6 Å². The highest BCUT2D eigenvalue weighted by molar-refractivity contribution is 7.21. The van der Waals surface area contributed by atoms with Crippen LogP contribution in [0.1, 0.15) is 22.2 Å². The fraction of sp³-hybridized carbons (Fsp3) is 0.182. The van der Waals surface area contributed by atoms with E-state index in [0.29, 0.717) is 4.88 Å². The maximum Gasteiger partial charge on any atom is 0.173 e. The lowest BCUT2D eigenvalue weighted by Crippen LogP contribution is -1.85. The zero-order valence-corrected chi connectivity index (χ0v) is 8.81. The van der Waals surface area contributed by atoms with Crippen LogP contribution in [-0.2, 0) is 0 Å². The van der Waals surface area contributed by atoms with Gasteiger partial charge in [-0.2, -0.15) is 0 Å². The molecule has 0 aliphatic carbocycles. The van der Waals surface area contributed by atoms with Gasteiger partial charge in [0.2, 0.25) is 0 Å². The molecule has 0 aliphatic heterocycles. The third kappa shape index (κ3) is 1.21. The van der Waals surface area contributed by atoms with Crippen LogP contribution in [0.5, 0.6) is 5.75 Å². The van der Waals surface area contributed by atoms with Gasteiger partial charge in [-0.05, 0) is 18.6 Å². The van der Waals surface area contributed by atoms with Gasteiger partial charge in [0, 0.05) is 17.0 Å². The lowest BCUT2D eigenvalue weighted by Gasteiger charge is -1.93. The van der Waals surface area contributed by atoms with Crippen molar-refractivity contribution in [1.82, 2.24) is 0 Å². The maximum absolute atomic E-state index is 11.2. The summed E-state index contributed by atoms with van der Waals surface area (Å²) < 4.78 is 0.996. The summed E-state index contributed by atoms with van der Waals surface area (Å²) in [5.74, 6) is 0.0456. The maximum atomic E-state index is 11.2. The number of Topliss-reactive ketones (excluding diaryl/α,β-unsaturated/α-hetero) is 1. The number of carbonyl (C=O) groups excluding carboxylic acids is 1. The highest BCUT2D eigenvalue weighted by Gasteiger charge is 2.15. The second kappa shape index (κ2) is 3.10. The molecule has 0 atom stereocenters. The van der Waals surface area contributed by atoms with Crippen molar-refractivity contribution in [1.29, 1.82) is 0 Å². The summed E-state index contributed by atoms with van der Waals surface area (Å²) in [5.41, 5.74) is 1.09. The molecule has 1 aromatic carbocycles. The molecule has 2 aromatic rings. The van der Waals surface area contributed by atoms with Gasteiger partial charge in [-0.1, -0.05) is 12.1 Å². The summed E-state index contributed by atoms with van der Waals surface area (Å²) in [6.07, 6.45) is 0. The average Bonchev–Trinajstić information content (AvgIpc) is 2.46. The fourth-order valence-electron chi connectivity index (χ4n) is 1.49. The minimum atomic E-state index is -0.0805. The first kappa shape index (κ1) is 9.21. The number of aromatic hydroxyl groups is 1. The van der Waals surface area contributed by atoms with Gasteiger partial charge in [-0.25, -0.2) is 0 Å². The van der Waals surface area contributed by atoms with Crippen molar-refractivity contribution in [2.24, 2.45) is 0 Å². The van der Waals surface area contributed by atoms with Crippen LogP contribution in [0.2, 0.25) is 0 Å². The molecule has 0 aliphatic rings. The molecule has 0 bridgehead atoms. The molecule has 2 rings (SSSR count). The summed E-state index contributed by atoms with van der Waals surface area (Å²) >= 11 is 1.36. The van der Waals surface area contributed by atoms with Crippen LogP contribution in [0.3, 0.4) is 0 Å². The molecule has 2 nitrogen and oxygen atoms in total. The van der Waals surface area contributed by atoms with Crippen LogP contribution in [0.4, 0.5) is 0 Å². The first-order valence-electron chi connectivity index (χ1n) is 4.33. The van der Waals surface area contributed by atoms with E-state index in [-0.39, 0.29) is 11.5 Å². The van der Waals surface area contributed by atoms with E-state index < -0.39 is 0 Å². The van der Waals surface area contributed by atoms with Crippen LogP contribution in [0.25, 0.3) is 10.1 Å². The van der Waals surface area contributed by atoms with Crippen molar-refractivity contribution in [2.75, 3.05) is 0 Å². The van der Waals surface area contributed by atoms with E-state index in [0.717, 1.165) is 15.6 Å². The van der Waals surface area contributed by atoms with Gasteiger partial charge in [0.05, 0.1) is 0 Å². The number of hydrogen-bond donors (Lipinski definition) is 1. The Balaban J connectivity index is 2.86. The Kier molecular flexibility index (Phi) is 2.04. The number of hydrogen-bond acceptors (Lipinski definition) is 3. The number of fused-ring (bicyclic) bond motifs is 1. The molecule has 72 valence electrons. The van der Waals surface area contributed by atoms with Crippen molar-refractivity contribution in [2.45, 2.75) is 13.8 Å². The summed E-state index contributed by atoms with van der Waals surface area (Å²) in [4.78, 5) is 11.7. The molecule has 0 amide bonds. The van der Waals surface area contributed by atoms with Crippen LogP contribution in [-0.4, -0.2) is 10.9 Å². The molecule has 0 spiro atoms. The smallest absolute Gasteiger partial charge is 0.173 e. The second-order valence-electron chi connectivity index (χ2n) is 3.29. The average molecular weight is 206 g/mol. The SMILES string of the molecule is CC(=O)c1sc2c(C)cccc2c1O. The van der Waals surface area contributed by atoms with E-state index >= 15 is 0 Å². The Bertz CT molecular complexity index is 511. The van der Waals surface area contributed by atoms with Gasteiger partial charge in [-0.3, -0.25) is 4.79 Å². The first-order chi connectivity index (χ1) is 6.61. The zero-order chi connectivity index (χ0) is 10.3. The highest BCUT2D eigenvalue weighted by Crippen LogP contribution is 2.38. The third-order valence-corrected chi connectivity index (χ3v) is 3.64. The lowest BCUT2D eigenvalue weighted by molar-refractivity contribution is 0.101. The highest BCUT2D eigenvalue weighted by atomic mass is 32.1. The van der Waals surface area contributed by atoms with Gasteiger partial charge < -0.3 is 5.11 Å².